The highest BCUT2D eigenvalue weighted by Crippen LogP contribution is 2.29. The molecule has 4 aromatic carbocycles. The lowest BCUT2D eigenvalue weighted by Crippen LogP contribution is -2.14. The molecule has 1 N–H and O–H groups in total. The monoisotopic (exact) mass is 510 g/mol. The Kier molecular flexibility index (Phi) is 7.10. The van der Waals surface area contributed by atoms with Crippen molar-refractivity contribution in [3.63, 3.8) is 0 Å². The summed E-state index contributed by atoms with van der Waals surface area (Å²) in [6, 6.07) is 27.7. The minimum absolute atomic E-state index is 0.0252. The lowest BCUT2D eigenvalue weighted by Gasteiger charge is -2.11. The molecule has 0 bridgehead atoms. The molecule has 0 fully saturated rings. The number of halogens is 1. The van der Waals surface area contributed by atoms with Crippen LogP contribution in [0.1, 0.15) is 22.3 Å². The van der Waals surface area contributed by atoms with Crippen molar-refractivity contribution >= 4 is 44.4 Å². The van der Waals surface area contributed by atoms with Gasteiger partial charge < -0.3 is 10.1 Å². The molecule has 4 rings (SSSR count). The number of carbonyl (C=O) groups is 1. The van der Waals surface area contributed by atoms with Crippen LogP contribution in [-0.2, 0) is 11.4 Å². The molecule has 0 spiro atoms. The topological polar surface area (TPSA) is 62.1 Å². The summed E-state index contributed by atoms with van der Waals surface area (Å²) < 4.78 is 6.80. The van der Waals surface area contributed by atoms with E-state index >= 15 is 0 Å². The molecule has 0 heterocycles. The minimum atomic E-state index is -0.441. The number of amides is 1. The van der Waals surface area contributed by atoms with Crippen LogP contribution in [0.4, 0.5) is 5.69 Å². The van der Waals surface area contributed by atoms with Crippen molar-refractivity contribution in [2.45, 2.75) is 20.5 Å². The number of nitriles is 1. The third-order valence-corrected chi connectivity index (χ3v) is 6.16. The van der Waals surface area contributed by atoms with E-state index in [4.69, 9.17) is 4.74 Å². The number of nitrogens with zero attached hydrogens (tertiary/aromatic N) is 1. The van der Waals surface area contributed by atoms with Gasteiger partial charge in [-0.2, -0.15) is 5.26 Å². The minimum Gasteiger partial charge on any atom is -0.488 e. The molecule has 0 atom stereocenters. The summed E-state index contributed by atoms with van der Waals surface area (Å²) in [5.41, 5.74) is 4.51. The highest BCUT2D eigenvalue weighted by Gasteiger charge is 2.12. The Morgan fingerprint density at radius 2 is 1.82 bits per heavy atom. The highest BCUT2D eigenvalue weighted by atomic mass is 79.9. The van der Waals surface area contributed by atoms with E-state index in [1.807, 2.05) is 74.5 Å². The van der Waals surface area contributed by atoms with E-state index in [0.29, 0.717) is 18.0 Å². The average Bonchev–Trinajstić information content (AvgIpc) is 2.84. The first kappa shape index (κ1) is 23.3. The number of ether oxygens (including phenoxy) is 1. The first-order valence-electron chi connectivity index (χ1n) is 10.8. The number of fused-ring (bicyclic) bond motifs is 1. The second kappa shape index (κ2) is 10.4. The zero-order valence-corrected chi connectivity index (χ0v) is 20.5. The molecule has 0 saturated heterocycles. The maximum atomic E-state index is 12.7. The Balaban J connectivity index is 1.49. The van der Waals surface area contributed by atoms with Gasteiger partial charge in [0.15, 0.2) is 0 Å². The van der Waals surface area contributed by atoms with Gasteiger partial charge in [-0.05, 0) is 87.1 Å². The van der Waals surface area contributed by atoms with Gasteiger partial charge in [0.25, 0.3) is 5.91 Å². The summed E-state index contributed by atoms with van der Waals surface area (Å²) in [6.45, 7) is 4.30. The Morgan fingerprint density at radius 1 is 1.03 bits per heavy atom. The fourth-order valence-corrected chi connectivity index (χ4v) is 4.18. The highest BCUT2D eigenvalue weighted by molar-refractivity contribution is 9.10. The van der Waals surface area contributed by atoms with Crippen LogP contribution in [-0.4, -0.2) is 5.91 Å². The molecule has 34 heavy (non-hydrogen) atoms. The first-order valence-corrected chi connectivity index (χ1v) is 11.6. The van der Waals surface area contributed by atoms with Gasteiger partial charge in [0.1, 0.15) is 24.0 Å². The summed E-state index contributed by atoms with van der Waals surface area (Å²) in [4.78, 5) is 12.7. The van der Waals surface area contributed by atoms with Crippen LogP contribution >= 0.6 is 15.9 Å². The van der Waals surface area contributed by atoms with E-state index in [1.54, 1.807) is 6.08 Å². The van der Waals surface area contributed by atoms with Gasteiger partial charge in [-0.25, -0.2) is 0 Å². The Hall–Kier alpha value is -3.88. The summed E-state index contributed by atoms with van der Waals surface area (Å²) in [5.74, 6) is 0.243. The van der Waals surface area contributed by atoms with Crippen molar-refractivity contribution < 1.29 is 9.53 Å². The van der Waals surface area contributed by atoms with Crippen molar-refractivity contribution in [1.29, 1.82) is 5.26 Å². The van der Waals surface area contributed by atoms with Crippen LogP contribution in [0.25, 0.3) is 16.8 Å². The summed E-state index contributed by atoms with van der Waals surface area (Å²) in [7, 11) is 0. The second-order valence-corrected chi connectivity index (χ2v) is 8.91. The molecule has 0 unspecified atom stereocenters. The van der Waals surface area contributed by atoms with E-state index in [2.05, 4.69) is 45.5 Å². The van der Waals surface area contributed by atoms with E-state index in [0.717, 1.165) is 32.1 Å². The van der Waals surface area contributed by atoms with Crippen molar-refractivity contribution in [3.8, 4) is 11.8 Å². The maximum absolute atomic E-state index is 12.7. The molecule has 4 aromatic rings. The molecule has 0 aliphatic heterocycles. The van der Waals surface area contributed by atoms with Crippen molar-refractivity contribution in [2.75, 3.05) is 5.32 Å². The standard InChI is InChI=1S/C29H23BrN2O2/c1-19-10-11-20(2)27(14-19)32-29(33)24(17-31)15-21-12-13-28(26(30)16-21)34-18-23-8-5-7-22-6-3-4-9-25(22)23/h3-16H,18H2,1-2H3,(H,32,33)/b24-15+. The summed E-state index contributed by atoms with van der Waals surface area (Å²) in [6.07, 6.45) is 1.57. The number of benzene rings is 4. The van der Waals surface area contributed by atoms with Crippen LogP contribution in [0.2, 0.25) is 0 Å². The van der Waals surface area contributed by atoms with Gasteiger partial charge in [0.2, 0.25) is 0 Å². The number of rotatable bonds is 6. The molecule has 0 saturated carbocycles. The fraction of sp³-hybridized carbons (Fsp3) is 0.103. The zero-order valence-electron chi connectivity index (χ0n) is 18.9. The van der Waals surface area contributed by atoms with E-state index in [1.165, 1.54) is 5.39 Å². The van der Waals surface area contributed by atoms with E-state index < -0.39 is 5.91 Å². The first-order chi connectivity index (χ1) is 16.4. The Morgan fingerprint density at radius 3 is 2.62 bits per heavy atom. The SMILES string of the molecule is Cc1ccc(C)c(NC(=O)/C(C#N)=C/c2ccc(OCc3cccc4ccccc34)c(Br)c2)c1. The van der Waals surface area contributed by atoms with Crippen molar-refractivity contribution in [3.05, 3.63) is 111 Å². The van der Waals surface area contributed by atoms with Crippen LogP contribution in [0.15, 0.2) is 88.9 Å². The van der Waals surface area contributed by atoms with Crippen LogP contribution in [0.5, 0.6) is 5.75 Å². The smallest absolute Gasteiger partial charge is 0.266 e. The number of carbonyl (C=O) groups excluding carboxylic acids is 1. The molecule has 1 amide bonds. The third-order valence-electron chi connectivity index (χ3n) is 5.54. The van der Waals surface area contributed by atoms with Gasteiger partial charge in [0, 0.05) is 5.69 Å². The number of aryl methyl sites for hydroxylation is 2. The molecule has 5 heteroatoms. The van der Waals surface area contributed by atoms with Crippen molar-refractivity contribution in [1.82, 2.24) is 0 Å². The lowest BCUT2D eigenvalue weighted by molar-refractivity contribution is -0.112. The van der Waals surface area contributed by atoms with Gasteiger partial charge in [-0.1, -0.05) is 60.7 Å². The van der Waals surface area contributed by atoms with E-state index in [-0.39, 0.29) is 5.57 Å². The zero-order chi connectivity index (χ0) is 24.1. The number of anilines is 1. The molecule has 4 nitrogen and oxygen atoms in total. The Labute approximate surface area is 207 Å². The lowest BCUT2D eigenvalue weighted by atomic mass is 10.1. The number of hydrogen-bond acceptors (Lipinski definition) is 3. The second-order valence-electron chi connectivity index (χ2n) is 8.06. The molecule has 0 aliphatic carbocycles. The molecule has 0 aromatic heterocycles. The van der Waals surface area contributed by atoms with Crippen LogP contribution in [0.3, 0.4) is 0 Å². The fourth-order valence-electron chi connectivity index (χ4n) is 3.67. The quantitative estimate of drug-likeness (QED) is 0.218. The van der Waals surface area contributed by atoms with Crippen molar-refractivity contribution in [2.24, 2.45) is 0 Å². The molecule has 0 aliphatic rings. The molecular weight excluding hydrogens is 488 g/mol. The van der Waals surface area contributed by atoms with Gasteiger partial charge in [0.05, 0.1) is 4.47 Å². The van der Waals surface area contributed by atoms with Gasteiger partial charge >= 0.3 is 0 Å². The van der Waals surface area contributed by atoms with Crippen LogP contribution < -0.4 is 10.1 Å². The molecule has 168 valence electrons. The van der Waals surface area contributed by atoms with Gasteiger partial charge in [-0.15, -0.1) is 0 Å². The number of nitrogens with one attached hydrogen (secondary N) is 1. The predicted molar refractivity (Wildman–Crippen MR) is 141 cm³/mol. The predicted octanol–water partition coefficient (Wildman–Crippen LogP) is 7.34. The maximum Gasteiger partial charge on any atom is 0.266 e. The number of hydrogen-bond donors (Lipinski definition) is 1. The largest absolute Gasteiger partial charge is 0.488 e. The average molecular weight is 511 g/mol. The molecular formula is C29H23BrN2O2. The summed E-state index contributed by atoms with van der Waals surface area (Å²) >= 11 is 3.55. The summed E-state index contributed by atoms with van der Waals surface area (Å²) in [5, 5.41) is 14.7. The van der Waals surface area contributed by atoms with E-state index in [9.17, 15) is 10.1 Å². The van der Waals surface area contributed by atoms with Gasteiger partial charge in [-0.3, -0.25) is 4.79 Å². The molecule has 0 radical (unpaired) electrons. The van der Waals surface area contributed by atoms with Crippen LogP contribution in [0, 0.1) is 25.2 Å². The Bertz CT molecular complexity index is 1450. The normalized spacial score (nSPS) is 11.2. The third kappa shape index (κ3) is 5.36.